The Hall–Kier alpha value is -2.10. The minimum atomic E-state index is 0.0404. The summed E-state index contributed by atoms with van der Waals surface area (Å²) in [6.07, 6.45) is 9.56. The lowest BCUT2D eigenvalue weighted by atomic mass is 10.0. The molecule has 1 N–H and O–H groups in total. The fourth-order valence-corrected chi connectivity index (χ4v) is 3.15. The molecule has 1 aliphatic heterocycles. The van der Waals surface area contributed by atoms with Crippen molar-refractivity contribution in [1.29, 1.82) is 0 Å². The maximum atomic E-state index is 12.1. The lowest BCUT2D eigenvalue weighted by Crippen LogP contribution is -2.35. The van der Waals surface area contributed by atoms with Crippen molar-refractivity contribution in [2.45, 2.75) is 38.5 Å². The van der Waals surface area contributed by atoms with Crippen LogP contribution in [0.4, 0.5) is 11.4 Å². The summed E-state index contributed by atoms with van der Waals surface area (Å²) in [4.78, 5) is 25.9. The molecule has 4 heteroatoms. The van der Waals surface area contributed by atoms with E-state index in [0.29, 0.717) is 18.8 Å². The second kappa shape index (κ2) is 6.77. The zero-order chi connectivity index (χ0) is 15.4. The van der Waals surface area contributed by atoms with Crippen LogP contribution in [0.5, 0.6) is 0 Å². The number of carbonyl (C=O) groups is 2. The first-order valence-electron chi connectivity index (χ1n) is 8.09. The van der Waals surface area contributed by atoms with Gasteiger partial charge in [0.15, 0.2) is 0 Å². The molecule has 1 aromatic carbocycles. The number of hydrogen-bond acceptors (Lipinski definition) is 2. The highest BCUT2D eigenvalue weighted by molar-refractivity contribution is 5.96. The van der Waals surface area contributed by atoms with E-state index in [-0.39, 0.29) is 11.8 Å². The number of amides is 2. The Labute approximate surface area is 131 Å². The number of benzene rings is 1. The predicted octanol–water partition coefficient (Wildman–Crippen LogP) is 3.50. The first-order chi connectivity index (χ1) is 10.7. The number of piperidine rings is 1. The summed E-state index contributed by atoms with van der Waals surface area (Å²) in [5.41, 5.74) is 1.64. The number of carbonyl (C=O) groups excluding carboxylic acids is 2. The Morgan fingerprint density at radius 2 is 2.23 bits per heavy atom. The van der Waals surface area contributed by atoms with E-state index in [1.165, 1.54) is 0 Å². The number of nitrogens with zero attached hydrogens (tertiary/aromatic N) is 1. The van der Waals surface area contributed by atoms with Crippen molar-refractivity contribution in [3.63, 3.8) is 0 Å². The van der Waals surface area contributed by atoms with Crippen LogP contribution in [0.3, 0.4) is 0 Å². The van der Waals surface area contributed by atoms with Gasteiger partial charge in [0.1, 0.15) is 0 Å². The van der Waals surface area contributed by atoms with E-state index in [1.807, 2.05) is 29.2 Å². The molecule has 116 valence electrons. The first kappa shape index (κ1) is 14.8. The summed E-state index contributed by atoms with van der Waals surface area (Å²) >= 11 is 0. The highest BCUT2D eigenvalue weighted by atomic mass is 16.2. The van der Waals surface area contributed by atoms with Crippen LogP contribution in [0, 0.1) is 5.92 Å². The second-order valence-corrected chi connectivity index (χ2v) is 6.07. The minimum absolute atomic E-state index is 0.0404. The molecular formula is C18H22N2O2. The molecule has 2 amide bonds. The molecule has 0 bridgehead atoms. The van der Waals surface area contributed by atoms with E-state index in [0.717, 1.165) is 43.6 Å². The Balaban J connectivity index is 1.64. The van der Waals surface area contributed by atoms with Gasteiger partial charge in [-0.1, -0.05) is 18.2 Å². The number of anilines is 2. The van der Waals surface area contributed by atoms with Crippen LogP contribution >= 0.6 is 0 Å². The molecule has 1 fully saturated rings. The van der Waals surface area contributed by atoms with Gasteiger partial charge >= 0.3 is 0 Å². The Bertz CT molecular complexity index is 595. The van der Waals surface area contributed by atoms with Gasteiger partial charge < -0.3 is 10.2 Å². The van der Waals surface area contributed by atoms with Gasteiger partial charge in [0.2, 0.25) is 11.8 Å². The summed E-state index contributed by atoms with van der Waals surface area (Å²) < 4.78 is 0. The van der Waals surface area contributed by atoms with Gasteiger partial charge in [-0.15, -0.1) is 0 Å². The zero-order valence-corrected chi connectivity index (χ0v) is 12.8. The van der Waals surface area contributed by atoms with Crippen LogP contribution in [-0.4, -0.2) is 18.4 Å². The summed E-state index contributed by atoms with van der Waals surface area (Å²) in [5, 5.41) is 2.95. The van der Waals surface area contributed by atoms with Gasteiger partial charge in [-0.05, 0) is 49.8 Å². The molecule has 0 radical (unpaired) electrons. The van der Waals surface area contributed by atoms with Crippen molar-refractivity contribution in [1.82, 2.24) is 0 Å². The van der Waals surface area contributed by atoms with Crippen LogP contribution in [-0.2, 0) is 9.59 Å². The maximum absolute atomic E-state index is 12.1. The van der Waals surface area contributed by atoms with E-state index >= 15 is 0 Å². The molecule has 1 atom stereocenters. The normalized spacial score (nSPS) is 21.2. The molecule has 1 heterocycles. The molecule has 3 rings (SSSR count). The third-order valence-electron chi connectivity index (χ3n) is 4.32. The molecule has 0 saturated carbocycles. The fraction of sp³-hybridized carbons (Fsp3) is 0.444. The van der Waals surface area contributed by atoms with Crippen molar-refractivity contribution in [3.8, 4) is 0 Å². The molecule has 4 nitrogen and oxygen atoms in total. The Kier molecular flexibility index (Phi) is 4.56. The largest absolute Gasteiger partial charge is 0.326 e. The second-order valence-electron chi connectivity index (χ2n) is 6.07. The number of hydrogen-bond donors (Lipinski definition) is 1. The first-order valence-corrected chi connectivity index (χ1v) is 8.09. The van der Waals surface area contributed by atoms with Crippen LogP contribution in [0.1, 0.15) is 38.5 Å². The van der Waals surface area contributed by atoms with E-state index in [4.69, 9.17) is 0 Å². The molecular weight excluding hydrogens is 276 g/mol. The van der Waals surface area contributed by atoms with Crippen LogP contribution < -0.4 is 10.2 Å². The van der Waals surface area contributed by atoms with E-state index < -0.39 is 0 Å². The molecule has 0 spiro atoms. The topological polar surface area (TPSA) is 49.4 Å². The monoisotopic (exact) mass is 298 g/mol. The average molecular weight is 298 g/mol. The number of nitrogens with one attached hydrogen (secondary N) is 1. The molecule has 2 aliphatic rings. The third kappa shape index (κ3) is 3.56. The standard InChI is InChI=1S/C18H22N2O2/c21-17(12-14-6-1-2-7-14)19-15-8-5-9-16(13-15)20-11-4-3-10-18(20)22/h1,5-6,8-9,13-14H,2-4,7,10-12H2,(H,19,21)/t14-/m1/s1. The maximum Gasteiger partial charge on any atom is 0.226 e. The highest BCUT2D eigenvalue weighted by Crippen LogP contribution is 2.25. The van der Waals surface area contributed by atoms with Gasteiger partial charge in [0, 0.05) is 30.8 Å². The number of allylic oxidation sites excluding steroid dienone is 2. The summed E-state index contributed by atoms with van der Waals surface area (Å²) in [7, 11) is 0. The molecule has 22 heavy (non-hydrogen) atoms. The fourth-order valence-electron chi connectivity index (χ4n) is 3.15. The SMILES string of the molecule is O=C(C[C@@H]1C=CCC1)Nc1cccc(N2CCCCC2=O)c1. The molecule has 0 unspecified atom stereocenters. The lowest BCUT2D eigenvalue weighted by molar-refractivity contribution is -0.119. The third-order valence-corrected chi connectivity index (χ3v) is 4.32. The molecule has 1 aliphatic carbocycles. The Morgan fingerprint density at radius 3 is 3.00 bits per heavy atom. The van der Waals surface area contributed by atoms with Crippen molar-refractivity contribution < 1.29 is 9.59 Å². The van der Waals surface area contributed by atoms with Crippen LogP contribution in [0.2, 0.25) is 0 Å². The van der Waals surface area contributed by atoms with Gasteiger partial charge in [-0.3, -0.25) is 9.59 Å². The molecule has 0 aromatic heterocycles. The van der Waals surface area contributed by atoms with Gasteiger partial charge in [0.05, 0.1) is 0 Å². The van der Waals surface area contributed by atoms with Gasteiger partial charge in [-0.25, -0.2) is 0 Å². The summed E-state index contributed by atoms with van der Waals surface area (Å²) in [6.45, 7) is 0.767. The Morgan fingerprint density at radius 1 is 1.32 bits per heavy atom. The predicted molar refractivity (Wildman–Crippen MR) is 87.8 cm³/mol. The zero-order valence-electron chi connectivity index (χ0n) is 12.8. The molecule has 1 aromatic rings. The van der Waals surface area contributed by atoms with Crippen LogP contribution in [0.15, 0.2) is 36.4 Å². The van der Waals surface area contributed by atoms with Gasteiger partial charge in [-0.2, -0.15) is 0 Å². The summed E-state index contributed by atoms with van der Waals surface area (Å²) in [5.74, 6) is 0.580. The average Bonchev–Trinajstić information content (AvgIpc) is 3.00. The van der Waals surface area contributed by atoms with E-state index in [9.17, 15) is 9.59 Å². The minimum Gasteiger partial charge on any atom is -0.326 e. The van der Waals surface area contributed by atoms with Crippen LogP contribution in [0.25, 0.3) is 0 Å². The van der Waals surface area contributed by atoms with Crippen molar-refractivity contribution in [2.24, 2.45) is 5.92 Å². The lowest BCUT2D eigenvalue weighted by Gasteiger charge is -2.27. The van der Waals surface area contributed by atoms with E-state index in [1.54, 1.807) is 0 Å². The number of rotatable bonds is 4. The van der Waals surface area contributed by atoms with Crippen molar-refractivity contribution in [3.05, 3.63) is 36.4 Å². The van der Waals surface area contributed by atoms with Crippen molar-refractivity contribution >= 4 is 23.2 Å². The van der Waals surface area contributed by atoms with Crippen molar-refractivity contribution in [2.75, 3.05) is 16.8 Å². The molecule has 1 saturated heterocycles. The van der Waals surface area contributed by atoms with E-state index in [2.05, 4.69) is 17.5 Å². The smallest absolute Gasteiger partial charge is 0.226 e. The highest BCUT2D eigenvalue weighted by Gasteiger charge is 2.20. The summed E-state index contributed by atoms with van der Waals surface area (Å²) in [6, 6.07) is 7.59. The van der Waals surface area contributed by atoms with Gasteiger partial charge in [0.25, 0.3) is 0 Å². The quantitative estimate of drug-likeness (QED) is 0.865.